The van der Waals surface area contributed by atoms with Gasteiger partial charge in [0.1, 0.15) is 0 Å². The predicted octanol–water partition coefficient (Wildman–Crippen LogP) is 0.559. The number of hydrazone groups is 1. The number of hydrogen-bond donors (Lipinski definition) is 2. The number of nitrogens with two attached hydrogens (primary N) is 1. The van der Waals surface area contributed by atoms with Crippen LogP contribution in [0.1, 0.15) is 6.42 Å². The zero-order valence-corrected chi connectivity index (χ0v) is 7.47. The second-order valence-corrected chi connectivity index (χ2v) is 2.99. The fourth-order valence-electron chi connectivity index (χ4n) is 0.344. The molecule has 0 unspecified atom stereocenters. The summed E-state index contributed by atoms with van der Waals surface area (Å²) in [6, 6.07) is 0. The Morgan fingerprint density at radius 2 is 2.60 bits per heavy atom. The lowest BCUT2D eigenvalue weighted by molar-refractivity contribution is 1.03. The third-order valence-electron chi connectivity index (χ3n) is 0.717. The van der Waals surface area contributed by atoms with Gasteiger partial charge in [0.2, 0.25) is 0 Å². The molecule has 0 spiro atoms. The molecule has 0 rings (SSSR count). The topological polar surface area (TPSA) is 50.4 Å². The minimum Gasteiger partial charge on any atom is -0.375 e. The van der Waals surface area contributed by atoms with E-state index in [2.05, 4.69) is 29.0 Å². The Labute approximate surface area is 70.4 Å². The average molecular weight is 177 g/mol. The summed E-state index contributed by atoms with van der Waals surface area (Å²) in [4.78, 5) is 0. The van der Waals surface area contributed by atoms with Crippen molar-refractivity contribution in [3.8, 4) is 0 Å². The van der Waals surface area contributed by atoms with Crippen molar-refractivity contribution in [3.05, 3.63) is 0 Å². The number of thioether (sulfide) groups is 1. The molecule has 0 aromatic carbocycles. The Hall–Kier alpha value is -0.290. The maximum Gasteiger partial charge on any atom is 0.184 e. The predicted molar refractivity (Wildman–Crippen MR) is 51.4 cm³/mol. The second kappa shape index (κ2) is 6.82. The molecule has 0 aliphatic heterocycles. The van der Waals surface area contributed by atoms with Crippen LogP contribution < -0.4 is 11.2 Å². The minimum absolute atomic E-state index is 0.209. The van der Waals surface area contributed by atoms with E-state index in [4.69, 9.17) is 5.73 Å². The Morgan fingerprint density at radius 1 is 1.90 bits per heavy atom. The Kier molecular flexibility index (Phi) is 6.63. The molecule has 0 aromatic rings. The van der Waals surface area contributed by atoms with Gasteiger partial charge in [0.25, 0.3) is 0 Å². The van der Waals surface area contributed by atoms with Gasteiger partial charge >= 0.3 is 0 Å². The van der Waals surface area contributed by atoms with Crippen molar-refractivity contribution in [2.75, 3.05) is 12.0 Å². The zero-order chi connectivity index (χ0) is 7.82. The van der Waals surface area contributed by atoms with Crippen LogP contribution in [0.25, 0.3) is 0 Å². The van der Waals surface area contributed by atoms with Crippen molar-refractivity contribution in [2.24, 2.45) is 10.8 Å². The highest BCUT2D eigenvalue weighted by molar-refractivity contribution is 7.98. The van der Waals surface area contributed by atoms with E-state index < -0.39 is 0 Å². The summed E-state index contributed by atoms with van der Waals surface area (Å²) in [5.41, 5.74) is 7.58. The van der Waals surface area contributed by atoms with E-state index in [9.17, 15) is 0 Å². The molecule has 3 nitrogen and oxygen atoms in total. The maximum absolute atomic E-state index is 5.11. The highest BCUT2D eigenvalue weighted by Gasteiger charge is 1.79. The first-order chi connectivity index (χ1) is 4.77. The van der Waals surface area contributed by atoms with Crippen molar-refractivity contribution < 1.29 is 0 Å². The lowest BCUT2D eigenvalue weighted by Crippen LogP contribution is -2.23. The monoisotopic (exact) mass is 177 g/mol. The lowest BCUT2D eigenvalue weighted by Gasteiger charge is -1.92. The smallest absolute Gasteiger partial charge is 0.184 e. The Morgan fingerprint density at radius 3 is 3.10 bits per heavy atom. The summed E-state index contributed by atoms with van der Waals surface area (Å²) in [5.74, 6) is 1.07. The van der Waals surface area contributed by atoms with Gasteiger partial charge in [-0.15, -0.1) is 0 Å². The van der Waals surface area contributed by atoms with Crippen molar-refractivity contribution in [1.29, 1.82) is 0 Å². The van der Waals surface area contributed by atoms with E-state index in [1.807, 2.05) is 0 Å². The highest BCUT2D eigenvalue weighted by atomic mass is 32.2. The first-order valence-electron chi connectivity index (χ1n) is 2.83. The number of nitrogens with one attached hydrogen (secondary N) is 1. The van der Waals surface area contributed by atoms with Crippen LogP contribution in [0.2, 0.25) is 0 Å². The summed E-state index contributed by atoms with van der Waals surface area (Å²) in [5, 5.41) is 3.96. The van der Waals surface area contributed by atoms with E-state index in [0.717, 1.165) is 12.2 Å². The third-order valence-corrected chi connectivity index (χ3v) is 1.45. The van der Waals surface area contributed by atoms with Crippen molar-refractivity contribution in [2.45, 2.75) is 6.42 Å². The van der Waals surface area contributed by atoms with Gasteiger partial charge in [-0.3, -0.25) is 5.43 Å². The summed E-state index contributed by atoms with van der Waals surface area (Å²) in [6.45, 7) is 0. The molecular weight excluding hydrogens is 166 g/mol. The van der Waals surface area contributed by atoms with Crippen molar-refractivity contribution >= 4 is 35.3 Å². The molecular formula is C5H11N3S2. The van der Waals surface area contributed by atoms with Gasteiger partial charge in [0, 0.05) is 6.21 Å². The molecule has 58 valence electrons. The van der Waals surface area contributed by atoms with E-state index in [-0.39, 0.29) is 5.11 Å². The molecule has 10 heavy (non-hydrogen) atoms. The number of nitrogens with zero attached hydrogens (tertiary/aromatic N) is 1. The van der Waals surface area contributed by atoms with Gasteiger partial charge in [-0.2, -0.15) is 16.9 Å². The summed E-state index contributed by atoms with van der Waals surface area (Å²) < 4.78 is 0. The van der Waals surface area contributed by atoms with Crippen LogP contribution in [0.15, 0.2) is 5.10 Å². The molecule has 0 heterocycles. The van der Waals surface area contributed by atoms with Crippen LogP contribution in [-0.2, 0) is 0 Å². The molecule has 0 saturated carbocycles. The molecule has 0 saturated heterocycles. The fraction of sp³-hybridized carbons (Fsp3) is 0.600. The van der Waals surface area contributed by atoms with Gasteiger partial charge in [0.05, 0.1) is 0 Å². The van der Waals surface area contributed by atoms with E-state index in [1.165, 1.54) is 0 Å². The quantitative estimate of drug-likeness (QED) is 0.285. The fourth-order valence-corrected chi connectivity index (χ4v) is 0.738. The zero-order valence-electron chi connectivity index (χ0n) is 5.83. The molecule has 5 heteroatoms. The molecule has 0 aliphatic rings. The van der Waals surface area contributed by atoms with Crippen molar-refractivity contribution in [1.82, 2.24) is 5.43 Å². The number of thiocarbonyl (C=S) groups is 1. The largest absolute Gasteiger partial charge is 0.375 e. The lowest BCUT2D eigenvalue weighted by atomic mass is 10.5. The van der Waals surface area contributed by atoms with Gasteiger partial charge in [-0.1, -0.05) is 0 Å². The molecule has 0 radical (unpaired) electrons. The first kappa shape index (κ1) is 9.71. The molecule has 0 amide bonds. The van der Waals surface area contributed by atoms with Gasteiger partial charge < -0.3 is 5.73 Å². The second-order valence-electron chi connectivity index (χ2n) is 1.57. The van der Waals surface area contributed by atoms with Crippen LogP contribution in [0, 0.1) is 0 Å². The molecule has 0 bridgehead atoms. The minimum atomic E-state index is 0.209. The van der Waals surface area contributed by atoms with Gasteiger partial charge in [-0.25, -0.2) is 0 Å². The maximum atomic E-state index is 5.11. The molecule has 0 aliphatic carbocycles. The van der Waals surface area contributed by atoms with Gasteiger partial charge in [-0.05, 0) is 30.6 Å². The Bertz CT molecular complexity index is 124. The number of hydrogen-bond acceptors (Lipinski definition) is 3. The molecule has 0 fully saturated rings. The highest BCUT2D eigenvalue weighted by Crippen LogP contribution is 1.91. The van der Waals surface area contributed by atoms with Crippen molar-refractivity contribution in [3.63, 3.8) is 0 Å². The van der Waals surface area contributed by atoms with Crippen LogP contribution >= 0.6 is 24.0 Å². The SMILES string of the molecule is CSCC/C=N/NC(N)=S. The van der Waals surface area contributed by atoms with Gasteiger partial charge in [0.15, 0.2) is 5.11 Å². The summed E-state index contributed by atoms with van der Waals surface area (Å²) in [7, 11) is 0. The standard InChI is InChI=1S/C5H11N3S2/c1-10-4-2-3-7-8-5(6)9/h3H,2,4H2,1H3,(H3,6,8,9)/b7-3+. The average Bonchev–Trinajstić information content (AvgIpc) is 1.87. The molecule has 3 N–H and O–H groups in total. The third kappa shape index (κ3) is 7.71. The normalized spacial score (nSPS) is 10.1. The Balaban J connectivity index is 3.12. The first-order valence-corrected chi connectivity index (χ1v) is 4.63. The molecule has 0 aromatic heterocycles. The van der Waals surface area contributed by atoms with E-state index >= 15 is 0 Å². The summed E-state index contributed by atoms with van der Waals surface area (Å²) >= 11 is 6.30. The van der Waals surface area contributed by atoms with Crippen LogP contribution in [-0.4, -0.2) is 23.3 Å². The van der Waals surface area contributed by atoms with E-state index in [0.29, 0.717) is 0 Å². The molecule has 0 atom stereocenters. The number of rotatable bonds is 4. The van der Waals surface area contributed by atoms with Crippen LogP contribution in [0.3, 0.4) is 0 Å². The van der Waals surface area contributed by atoms with E-state index in [1.54, 1.807) is 18.0 Å². The summed E-state index contributed by atoms with van der Waals surface area (Å²) in [6.07, 6.45) is 4.75. The van der Waals surface area contributed by atoms with Crippen LogP contribution in [0.4, 0.5) is 0 Å². The van der Waals surface area contributed by atoms with Crippen LogP contribution in [0.5, 0.6) is 0 Å².